The molecule has 0 aromatic carbocycles. The van der Waals surface area contributed by atoms with Crippen LogP contribution in [0.1, 0.15) is 42.4 Å². The van der Waals surface area contributed by atoms with Crippen molar-refractivity contribution < 1.29 is 9.69 Å². The van der Waals surface area contributed by atoms with Gasteiger partial charge in [0.2, 0.25) is 5.91 Å². The van der Waals surface area contributed by atoms with Gasteiger partial charge in [-0.1, -0.05) is 0 Å². The smallest absolute Gasteiger partial charge is 0.244 e. The summed E-state index contributed by atoms with van der Waals surface area (Å²) in [4.78, 5) is 15.9. The molecule has 0 radical (unpaired) electrons. The number of amides is 1. The topological polar surface area (TPSA) is 33.5 Å². The SMILES string of the molecule is Cc1ccc(/C=C/C(=O)NCCC[NH+]2CCCC[C@H]2C)s1. The molecule has 116 valence electrons. The van der Waals surface area contributed by atoms with E-state index in [-0.39, 0.29) is 5.91 Å². The molecule has 1 aliphatic rings. The van der Waals surface area contributed by atoms with Crippen LogP contribution in [0.3, 0.4) is 0 Å². The van der Waals surface area contributed by atoms with Gasteiger partial charge in [0.05, 0.1) is 19.1 Å². The number of nitrogens with one attached hydrogen (secondary N) is 2. The molecule has 2 N–H and O–H groups in total. The third-order valence-corrected chi connectivity index (χ3v) is 5.18. The maximum Gasteiger partial charge on any atom is 0.244 e. The normalized spacial score (nSPS) is 22.6. The number of quaternary nitrogens is 1. The minimum atomic E-state index is 0.0164. The fraction of sp³-hybridized carbons (Fsp3) is 0.588. The fourth-order valence-corrected chi connectivity index (χ4v) is 3.69. The van der Waals surface area contributed by atoms with Gasteiger partial charge in [0.15, 0.2) is 0 Å². The van der Waals surface area contributed by atoms with Crippen molar-refractivity contribution in [1.82, 2.24) is 5.32 Å². The molecule has 1 aromatic heterocycles. The van der Waals surface area contributed by atoms with Crippen molar-refractivity contribution in [3.05, 3.63) is 28.0 Å². The van der Waals surface area contributed by atoms with Gasteiger partial charge < -0.3 is 10.2 Å². The van der Waals surface area contributed by atoms with E-state index in [0.717, 1.165) is 23.9 Å². The Hall–Kier alpha value is -1.13. The second-order valence-corrected chi connectivity index (χ2v) is 7.30. The lowest BCUT2D eigenvalue weighted by atomic mass is 10.0. The van der Waals surface area contributed by atoms with Crippen LogP contribution in [0.5, 0.6) is 0 Å². The van der Waals surface area contributed by atoms with Gasteiger partial charge in [0.1, 0.15) is 0 Å². The van der Waals surface area contributed by atoms with E-state index in [1.165, 1.54) is 37.2 Å². The lowest BCUT2D eigenvalue weighted by molar-refractivity contribution is -0.928. The average Bonchev–Trinajstić information content (AvgIpc) is 2.89. The van der Waals surface area contributed by atoms with E-state index in [4.69, 9.17) is 0 Å². The van der Waals surface area contributed by atoms with Crippen LogP contribution < -0.4 is 10.2 Å². The zero-order valence-electron chi connectivity index (χ0n) is 13.2. The van der Waals surface area contributed by atoms with Crippen LogP contribution in [0.15, 0.2) is 18.2 Å². The first-order valence-electron chi connectivity index (χ1n) is 8.02. The lowest BCUT2D eigenvalue weighted by Gasteiger charge is -2.30. The predicted octanol–water partition coefficient (Wildman–Crippen LogP) is 2.03. The molecule has 2 heterocycles. The number of piperidine rings is 1. The van der Waals surface area contributed by atoms with Gasteiger partial charge >= 0.3 is 0 Å². The highest BCUT2D eigenvalue weighted by Crippen LogP contribution is 2.16. The Balaban J connectivity index is 1.62. The Kier molecular flexibility index (Phi) is 6.46. The number of rotatable bonds is 6. The highest BCUT2D eigenvalue weighted by atomic mass is 32.1. The molecule has 1 fully saturated rings. The lowest BCUT2D eigenvalue weighted by Crippen LogP contribution is -3.16. The molecule has 1 aliphatic heterocycles. The standard InChI is InChI=1S/C17H26N2OS/c1-14-6-3-4-12-19(14)13-5-11-18-17(20)10-9-16-8-7-15(2)21-16/h7-10,14H,3-6,11-13H2,1-2H3,(H,18,20)/p+1/b10-9+/t14-/m1/s1. The van der Waals surface area contributed by atoms with Crippen molar-refractivity contribution in [3.8, 4) is 0 Å². The second kappa shape index (κ2) is 8.35. The van der Waals surface area contributed by atoms with Crippen LogP contribution in [0.25, 0.3) is 6.08 Å². The van der Waals surface area contributed by atoms with Crippen molar-refractivity contribution in [2.45, 2.75) is 45.6 Å². The third kappa shape index (κ3) is 5.64. The molecule has 0 saturated carbocycles. The average molecular weight is 307 g/mol. The van der Waals surface area contributed by atoms with Crippen LogP contribution in [0.2, 0.25) is 0 Å². The molecule has 1 saturated heterocycles. The Labute approximate surface area is 132 Å². The maximum atomic E-state index is 11.7. The monoisotopic (exact) mass is 307 g/mol. The first kappa shape index (κ1) is 16.2. The van der Waals surface area contributed by atoms with Crippen LogP contribution >= 0.6 is 11.3 Å². The van der Waals surface area contributed by atoms with Crippen molar-refractivity contribution in [3.63, 3.8) is 0 Å². The van der Waals surface area contributed by atoms with Gasteiger partial charge in [-0.05, 0) is 51.3 Å². The molecular formula is C17H27N2OS+. The van der Waals surface area contributed by atoms with Crippen molar-refractivity contribution >= 4 is 23.3 Å². The van der Waals surface area contributed by atoms with E-state index in [2.05, 4.69) is 25.2 Å². The van der Waals surface area contributed by atoms with E-state index in [1.807, 2.05) is 12.1 Å². The number of hydrogen-bond acceptors (Lipinski definition) is 2. The molecule has 1 aromatic rings. The first-order chi connectivity index (χ1) is 10.1. The Bertz CT molecular complexity index is 481. The van der Waals surface area contributed by atoms with Gasteiger partial charge in [-0.15, -0.1) is 11.3 Å². The van der Waals surface area contributed by atoms with E-state index in [1.54, 1.807) is 22.3 Å². The molecule has 0 bridgehead atoms. The molecule has 21 heavy (non-hydrogen) atoms. The van der Waals surface area contributed by atoms with E-state index in [9.17, 15) is 4.79 Å². The van der Waals surface area contributed by atoms with Crippen molar-refractivity contribution in [2.24, 2.45) is 0 Å². The highest BCUT2D eigenvalue weighted by molar-refractivity contribution is 7.12. The third-order valence-electron chi connectivity index (χ3n) is 4.22. The van der Waals surface area contributed by atoms with E-state index in [0.29, 0.717) is 0 Å². The molecule has 0 aliphatic carbocycles. The summed E-state index contributed by atoms with van der Waals surface area (Å²) in [6.07, 6.45) is 8.69. The van der Waals surface area contributed by atoms with Gasteiger partial charge in [-0.2, -0.15) is 0 Å². The number of hydrogen-bond donors (Lipinski definition) is 2. The summed E-state index contributed by atoms with van der Waals surface area (Å²) in [5, 5.41) is 2.98. The Morgan fingerprint density at radius 1 is 1.48 bits per heavy atom. The van der Waals surface area contributed by atoms with Crippen LogP contribution in [0, 0.1) is 6.92 Å². The summed E-state index contributed by atoms with van der Waals surface area (Å²) in [6, 6.07) is 4.91. The van der Waals surface area contributed by atoms with Crippen molar-refractivity contribution in [2.75, 3.05) is 19.6 Å². The number of aryl methyl sites for hydroxylation is 1. The van der Waals surface area contributed by atoms with Gasteiger partial charge in [-0.25, -0.2) is 0 Å². The van der Waals surface area contributed by atoms with Crippen LogP contribution in [-0.4, -0.2) is 31.6 Å². The van der Waals surface area contributed by atoms with Gasteiger partial charge in [-0.3, -0.25) is 4.79 Å². The van der Waals surface area contributed by atoms with Crippen LogP contribution in [-0.2, 0) is 4.79 Å². The molecule has 1 amide bonds. The molecule has 2 atom stereocenters. The minimum absolute atomic E-state index is 0.0164. The second-order valence-electron chi connectivity index (χ2n) is 5.98. The number of thiophene rings is 1. The van der Waals surface area contributed by atoms with Crippen LogP contribution in [0.4, 0.5) is 0 Å². The zero-order valence-corrected chi connectivity index (χ0v) is 14.0. The summed E-state index contributed by atoms with van der Waals surface area (Å²) in [5.74, 6) is 0.0164. The summed E-state index contributed by atoms with van der Waals surface area (Å²) in [7, 11) is 0. The van der Waals surface area contributed by atoms with Gasteiger partial charge in [0, 0.05) is 28.8 Å². The summed E-state index contributed by atoms with van der Waals surface area (Å²) < 4.78 is 0. The predicted molar refractivity (Wildman–Crippen MR) is 89.7 cm³/mol. The molecule has 2 rings (SSSR count). The molecule has 3 nitrogen and oxygen atoms in total. The van der Waals surface area contributed by atoms with E-state index < -0.39 is 0 Å². The molecule has 4 heteroatoms. The zero-order chi connectivity index (χ0) is 15.1. The highest BCUT2D eigenvalue weighted by Gasteiger charge is 2.20. The van der Waals surface area contributed by atoms with Gasteiger partial charge in [0.25, 0.3) is 0 Å². The molecule has 0 spiro atoms. The Morgan fingerprint density at radius 3 is 3.05 bits per heavy atom. The summed E-state index contributed by atoms with van der Waals surface area (Å²) >= 11 is 1.71. The summed E-state index contributed by atoms with van der Waals surface area (Å²) in [5.41, 5.74) is 0. The molecule has 1 unspecified atom stereocenters. The number of carbonyl (C=O) groups is 1. The summed E-state index contributed by atoms with van der Waals surface area (Å²) in [6.45, 7) is 7.68. The number of carbonyl (C=O) groups excluding carboxylic acids is 1. The first-order valence-corrected chi connectivity index (χ1v) is 8.84. The fourth-order valence-electron chi connectivity index (χ4n) is 2.91. The maximum absolute atomic E-state index is 11.7. The Morgan fingerprint density at radius 2 is 2.33 bits per heavy atom. The largest absolute Gasteiger partial charge is 0.352 e. The molecular weight excluding hydrogens is 280 g/mol. The quantitative estimate of drug-likeness (QED) is 0.612. The van der Waals surface area contributed by atoms with E-state index >= 15 is 0 Å². The number of likely N-dealkylation sites (tertiary alicyclic amines) is 1. The minimum Gasteiger partial charge on any atom is -0.352 e. The van der Waals surface area contributed by atoms with Crippen molar-refractivity contribution in [1.29, 1.82) is 0 Å².